The Kier molecular flexibility index (Phi) is 5.28. The molecule has 0 N–H and O–H groups in total. The van der Waals surface area contributed by atoms with Crippen molar-refractivity contribution in [3.8, 4) is 0 Å². The number of rotatable bonds is 6. The Hall–Kier alpha value is -0.850. The van der Waals surface area contributed by atoms with Crippen LogP contribution in [-0.2, 0) is 6.42 Å². The van der Waals surface area contributed by atoms with E-state index in [1.54, 1.807) is 0 Å². The monoisotopic (exact) mass is 191 g/mol. The van der Waals surface area contributed by atoms with Crippen LogP contribution in [0.15, 0.2) is 18.3 Å². The second-order valence-electron chi connectivity index (χ2n) is 3.97. The van der Waals surface area contributed by atoms with E-state index < -0.39 is 0 Å². The lowest BCUT2D eigenvalue weighted by Crippen LogP contribution is -1.88. The average Bonchev–Trinajstić information content (AvgIpc) is 2.21. The van der Waals surface area contributed by atoms with E-state index in [1.807, 2.05) is 13.1 Å². The molecule has 0 atom stereocenters. The number of unbranched alkanes of at least 4 members (excludes halogenated alkanes) is 4. The fourth-order valence-corrected chi connectivity index (χ4v) is 1.58. The molecule has 0 unspecified atom stereocenters. The Morgan fingerprint density at radius 3 is 2.50 bits per heavy atom. The number of pyridine rings is 1. The summed E-state index contributed by atoms with van der Waals surface area (Å²) in [6.07, 6.45) is 9.96. The van der Waals surface area contributed by atoms with Crippen LogP contribution in [0.3, 0.4) is 0 Å². The van der Waals surface area contributed by atoms with Crippen LogP contribution in [0.2, 0.25) is 0 Å². The van der Waals surface area contributed by atoms with Crippen molar-refractivity contribution in [3.63, 3.8) is 0 Å². The number of aryl methyl sites for hydroxylation is 2. The molecular formula is C13H21N. The van der Waals surface area contributed by atoms with E-state index in [2.05, 4.69) is 24.0 Å². The quantitative estimate of drug-likeness (QED) is 0.621. The normalized spacial score (nSPS) is 10.4. The first-order valence-corrected chi connectivity index (χ1v) is 5.74. The summed E-state index contributed by atoms with van der Waals surface area (Å²) in [4.78, 5) is 4.29. The highest BCUT2D eigenvalue weighted by Crippen LogP contribution is 2.08. The van der Waals surface area contributed by atoms with Crippen molar-refractivity contribution in [1.29, 1.82) is 0 Å². The minimum atomic E-state index is 1.11. The standard InChI is InChI=1S/C13H21N/c1-3-4-5-6-7-8-13-10-9-12(2)14-11-13/h9-11H,3-8H2,1-2H3. The number of hydrogen-bond acceptors (Lipinski definition) is 1. The van der Waals surface area contributed by atoms with Crippen molar-refractivity contribution < 1.29 is 0 Å². The highest BCUT2D eigenvalue weighted by Gasteiger charge is 1.93. The molecule has 78 valence electrons. The maximum Gasteiger partial charge on any atom is 0.0372 e. The molecule has 0 radical (unpaired) electrons. The first kappa shape index (κ1) is 11.2. The van der Waals surface area contributed by atoms with E-state index in [9.17, 15) is 0 Å². The summed E-state index contributed by atoms with van der Waals surface area (Å²) in [5.41, 5.74) is 2.49. The average molecular weight is 191 g/mol. The van der Waals surface area contributed by atoms with E-state index in [0.29, 0.717) is 0 Å². The van der Waals surface area contributed by atoms with Crippen molar-refractivity contribution in [3.05, 3.63) is 29.6 Å². The van der Waals surface area contributed by atoms with Gasteiger partial charge in [-0.25, -0.2) is 0 Å². The zero-order valence-electron chi connectivity index (χ0n) is 9.42. The number of hydrogen-bond donors (Lipinski definition) is 0. The molecule has 1 aromatic rings. The minimum Gasteiger partial charge on any atom is -0.261 e. The van der Waals surface area contributed by atoms with E-state index >= 15 is 0 Å². The number of aromatic nitrogens is 1. The van der Waals surface area contributed by atoms with Crippen LogP contribution < -0.4 is 0 Å². The molecule has 1 heteroatoms. The lowest BCUT2D eigenvalue weighted by molar-refractivity contribution is 0.631. The molecule has 0 aliphatic carbocycles. The summed E-state index contributed by atoms with van der Waals surface area (Å²) in [6, 6.07) is 4.30. The molecule has 1 rings (SSSR count). The van der Waals surface area contributed by atoms with Gasteiger partial charge in [0, 0.05) is 11.9 Å². The predicted octanol–water partition coefficient (Wildman–Crippen LogP) is 3.90. The van der Waals surface area contributed by atoms with E-state index in [0.717, 1.165) is 5.69 Å². The smallest absolute Gasteiger partial charge is 0.0372 e. The zero-order valence-corrected chi connectivity index (χ0v) is 9.42. The highest BCUT2D eigenvalue weighted by atomic mass is 14.6. The molecule has 0 aliphatic heterocycles. The summed E-state index contributed by atoms with van der Waals surface area (Å²) in [6.45, 7) is 4.29. The fraction of sp³-hybridized carbons (Fsp3) is 0.615. The van der Waals surface area contributed by atoms with Gasteiger partial charge in [0.2, 0.25) is 0 Å². The van der Waals surface area contributed by atoms with Gasteiger partial charge in [0.05, 0.1) is 0 Å². The molecule has 1 nitrogen and oxygen atoms in total. The molecule has 1 aromatic heterocycles. The van der Waals surface area contributed by atoms with Gasteiger partial charge in [0.15, 0.2) is 0 Å². The second kappa shape index (κ2) is 6.58. The molecule has 0 saturated carbocycles. The van der Waals surface area contributed by atoms with Crippen molar-refractivity contribution in [2.45, 2.75) is 52.4 Å². The predicted molar refractivity (Wildman–Crippen MR) is 61.4 cm³/mol. The summed E-state index contributed by atoms with van der Waals surface area (Å²) in [7, 11) is 0. The Balaban J connectivity index is 2.15. The molecule has 0 saturated heterocycles. The molecule has 14 heavy (non-hydrogen) atoms. The van der Waals surface area contributed by atoms with Gasteiger partial charge in [-0.2, -0.15) is 0 Å². The summed E-state index contributed by atoms with van der Waals surface area (Å²) in [5, 5.41) is 0. The maximum absolute atomic E-state index is 4.29. The van der Waals surface area contributed by atoms with Gasteiger partial charge in [-0.3, -0.25) is 4.98 Å². The molecular weight excluding hydrogens is 170 g/mol. The molecule has 0 spiro atoms. The maximum atomic E-state index is 4.29. The fourth-order valence-electron chi connectivity index (χ4n) is 1.58. The lowest BCUT2D eigenvalue weighted by Gasteiger charge is -2.01. The molecule has 0 amide bonds. The SMILES string of the molecule is CCCCCCCc1ccc(C)nc1. The molecule has 0 aromatic carbocycles. The van der Waals surface area contributed by atoms with Gasteiger partial charge in [0.25, 0.3) is 0 Å². The van der Waals surface area contributed by atoms with E-state index in [-0.39, 0.29) is 0 Å². The van der Waals surface area contributed by atoms with Gasteiger partial charge in [0.1, 0.15) is 0 Å². The third kappa shape index (κ3) is 4.40. The van der Waals surface area contributed by atoms with Gasteiger partial charge < -0.3 is 0 Å². The van der Waals surface area contributed by atoms with Gasteiger partial charge >= 0.3 is 0 Å². The topological polar surface area (TPSA) is 12.9 Å². The summed E-state index contributed by atoms with van der Waals surface area (Å²) in [5.74, 6) is 0. The Morgan fingerprint density at radius 2 is 1.86 bits per heavy atom. The van der Waals surface area contributed by atoms with Crippen LogP contribution in [0.4, 0.5) is 0 Å². The lowest BCUT2D eigenvalue weighted by atomic mass is 10.1. The Bertz CT molecular complexity index is 238. The van der Waals surface area contributed by atoms with Gasteiger partial charge in [-0.15, -0.1) is 0 Å². The third-order valence-electron chi connectivity index (χ3n) is 2.54. The van der Waals surface area contributed by atoms with Crippen molar-refractivity contribution in [2.75, 3.05) is 0 Å². The van der Waals surface area contributed by atoms with E-state index in [4.69, 9.17) is 0 Å². The van der Waals surface area contributed by atoms with Crippen LogP contribution in [0.1, 0.15) is 50.3 Å². The zero-order chi connectivity index (χ0) is 10.2. The van der Waals surface area contributed by atoms with Crippen LogP contribution >= 0.6 is 0 Å². The van der Waals surface area contributed by atoms with Crippen molar-refractivity contribution in [1.82, 2.24) is 4.98 Å². The van der Waals surface area contributed by atoms with Crippen LogP contribution in [0.5, 0.6) is 0 Å². The van der Waals surface area contributed by atoms with Gasteiger partial charge in [-0.1, -0.05) is 38.7 Å². The van der Waals surface area contributed by atoms with Crippen LogP contribution in [0, 0.1) is 6.92 Å². The largest absolute Gasteiger partial charge is 0.261 e. The Labute approximate surface area is 87.6 Å². The highest BCUT2D eigenvalue weighted by molar-refractivity contribution is 5.12. The molecule has 0 fully saturated rings. The third-order valence-corrected chi connectivity index (χ3v) is 2.54. The van der Waals surface area contributed by atoms with Crippen LogP contribution in [-0.4, -0.2) is 4.98 Å². The molecule has 0 aliphatic rings. The summed E-state index contributed by atoms with van der Waals surface area (Å²) >= 11 is 0. The van der Waals surface area contributed by atoms with Crippen molar-refractivity contribution in [2.24, 2.45) is 0 Å². The second-order valence-corrected chi connectivity index (χ2v) is 3.97. The van der Waals surface area contributed by atoms with Gasteiger partial charge in [-0.05, 0) is 31.4 Å². The van der Waals surface area contributed by atoms with Crippen molar-refractivity contribution >= 4 is 0 Å². The first-order chi connectivity index (χ1) is 6.83. The van der Waals surface area contributed by atoms with Crippen LogP contribution in [0.25, 0.3) is 0 Å². The first-order valence-electron chi connectivity index (χ1n) is 5.74. The summed E-state index contributed by atoms with van der Waals surface area (Å²) < 4.78 is 0. The molecule has 0 bridgehead atoms. The molecule has 1 heterocycles. The minimum absolute atomic E-state index is 1.11. The number of nitrogens with zero attached hydrogens (tertiary/aromatic N) is 1. The van der Waals surface area contributed by atoms with E-state index in [1.165, 1.54) is 44.1 Å². The Morgan fingerprint density at radius 1 is 1.07 bits per heavy atom.